The first-order valence-electron chi connectivity index (χ1n) is 12.9. The molecule has 2 rings (SSSR count). The van der Waals surface area contributed by atoms with Crippen molar-refractivity contribution in [2.45, 2.75) is 64.6 Å². The van der Waals surface area contributed by atoms with E-state index in [0.717, 1.165) is 12.8 Å². The Labute approximate surface area is 237 Å². The van der Waals surface area contributed by atoms with E-state index >= 15 is 0 Å². The van der Waals surface area contributed by atoms with Crippen molar-refractivity contribution in [3.63, 3.8) is 0 Å². The van der Waals surface area contributed by atoms with E-state index < -0.39 is 35.6 Å². The van der Waals surface area contributed by atoms with Gasteiger partial charge in [0.2, 0.25) is 5.91 Å². The zero-order valence-electron chi connectivity index (χ0n) is 23.3. The number of methoxy groups -OCH3 is 1. The number of alkyl carbamates (subject to hydrolysis) is 1. The standard InChI is InChI=1S/C30H39N3O5S/c1-7-9-10-19-33(28(35)25(20-39)32-29(36)38-30(3,4)5)26(22-13-11-21(8-2)12-14-22)27(34)31-23-15-17-24(37-6)18-16-23/h2,11-18,25-26,39H,7,9-10,19-20H2,1,3-6H3,(H,31,34)(H,32,36). The molecule has 2 atom stereocenters. The van der Waals surface area contributed by atoms with Gasteiger partial charge in [-0.25, -0.2) is 4.79 Å². The number of nitrogens with one attached hydrogen (secondary N) is 2. The van der Waals surface area contributed by atoms with Gasteiger partial charge in [0.15, 0.2) is 0 Å². The van der Waals surface area contributed by atoms with Crippen LogP contribution in [-0.2, 0) is 14.3 Å². The van der Waals surface area contributed by atoms with Crippen molar-refractivity contribution in [1.82, 2.24) is 10.2 Å². The molecular formula is C30H39N3O5S. The van der Waals surface area contributed by atoms with Gasteiger partial charge in [-0.15, -0.1) is 6.42 Å². The predicted octanol–water partition coefficient (Wildman–Crippen LogP) is 5.20. The monoisotopic (exact) mass is 553 g/mol. The van der Waals surface area contributed by atoms with Gasteiger partial charge in [-0.05, 0) is 69.2 Å². The quantitative estimate of drug-likeness (QED) is 0.191. The molecule has 0 aliphatic carbocycles. The minimum atomic E-state index is -1.01. The Bertz CT molecular complexity index is 1140. The van der Waals surface area contributed by atoms with Gasteiger partial charge in [0, 0.05) is 23.5 Å². The number of benzene rings is 2. The molecule has 0 saturated carbocycles. The fourth-order valence-corrected chi connectivity index (χ4v) is 4.10. The number of amides is 3. The molecule has 8 nitrogen and oxygen atoms in total. The van der Waals surface area contributed by atoms with Crippen LogP contribution in [0.4, 0.5) is 10.5 Å². The van der Waals surface area contributed by atoms with Crippen molar-refractivity contribution >= 4 is 36.2 Å². The summed E-state index contributed by atoms with van der Waals surface area (Å²) in [6.45, 7) is 7.56. The van der Waals surface area contributed by atoms with Crippen LogP contribution in [0.3, 0.4) is 0 Å². The van der Waals surface area contributed by atoms with E-state index in [9.17, 15) is 14.4 Å². The lowest BCUT2D eigenvalue weighted by Gasteiger charge is -2.34. The number of carbonyl (C=O) groups excluding carboxylic acids is 3. The Balaban J connectivity index is 2.48. The van der Waals surface area contributed by atoms with E-state index in [1.54, 1.807) is 76.4 Å². The molecule has 2 N–H and O–H groups in total. The van der Waals surface area contributed by atoms with Crippen molar-refractivity contribution in [1.29, 1.82) is 0 Å². The lowest BCUT2D eigenvalue weighted by molar-refractivity contribution is -0.140. The summed E-state index contributed by atoms with van der Waals surface area (Å²) in [5, 5.41) is 5.53. The van der Waals surface area contributed by atoms with Crippen LogP contribution in [0.2, 0.25) is 0 Å². The molecule has 2 unspecified atom stereocenters. The normalized spacial score (nSPS) is 12.4. The zero-order chi connectivity index (χ0) is 29.0. The summed E-state index contributed by atoms with van der Waals surface area (Å²) < 4.78 is 10.6. The predicted molar refractivity (Wildman–Crippen MR) is 157 cm³/mol. The average Bonchev–Trinajstić information content (AvgIpc) is 2.90. The molecule has 0 radical (unpaired) electrons. The SMILES string of the molecule is C#Cc1ccc(C(C(=O)Nc2ccc(OC)cc2)N(CCCCC)C(=O)C(CS)NC(=O)OC(C)(C)C)cc1. The Morgan fingerprint density at radius 1 is 1.05 bits per heavy atom. The molecule has 0 aliphatic rings. The van der Waals surface area contributed by atoms with Crippen LogP contribution in [0.15, 0.2) is 48.5 Å². The Hall–Kier alpha value is -3.64. The van der Waals surface area contributed by atoms with E-state index in [4.69, 9.17) is 15.9 Å². The molecule has 3 amide bonds. The molecule has 2 aromatic carbocycles. The van der Waals surface area contributed by atoms with Crippen LogP contribution in [0.25, 0.3) is 0 Å². The second-order valence-corrected chi connectivity index (χ2v) is 10.4. The number of terminal acetylenes is 1. The molecule has 9 heteroatoms. The summed E-state index contributed by atoms with van der Waals surface area (Å²) in [5.74, 6) is 2.39. The summed E-state index contributed by atoms with van der Waals surface area (Å²) >= 11 is 4.33. The highest BCUT2D eigenvalue weighted by Crippen LogP contribution is 2.26. The molecule has 210 valence electrons. The van der Waals surface area contributed by atoms with Crippen molar-refractivity contribution in [2.75, 3.05) is 24.7 Å². The molecule has 0 heterocycles. The van der Waals surface area contributed by atoms with E-state index in [-0.39, 0.29) is 5.75 Å². The summed E-state index contributed by atoms with van der Waals surface area (Å²) in [4.78, 5) is 41.7. The third-order valence-electron chi connectivity index (χ3n) is 5.77. The Kier molecular flexibility index (Phi) is 12.2. The van der Waals surface area contributed by atoms with Gasteiger partial charge in [0.05, 0.1) is 7.11 Å². The molecule has 0 aliphatic heterocycles. The van der Waals surface area contributed by atoms with Crippen LogP contribution in [0.1, 0.15) is 64.1 Å². The zero-order valence-corrected chi connectivity index (χ0v) is 24.2. The van der Waals surface area contributed by atoms with Crippen LogP contribution >= 0.6 is 12.6 Å². The number of hydrogen-bond acceptors (Lipinski definition) is 6. The lowest BCUT2D eigenvalue weighted by Crippen LogP contribution is -2.53. The first-order valence-corrected chi connectivity index (χ1v) is 13.6. The average molecular weight is 554 g/mol. The number of thiol groups is 1. The van der Waals surface area contributed by atoms with Crippen molar-refractivity contribution in [2.24, 2.45) is 0 Å². The highest BCUT2D eigenvalue weighted by Gasteiger charge is 2.35. The molecule has 0 saturated heterocycles. The molecule has 0 fully saturated rings. The molecule has 0 spiro atoms. The molecule has 0 bridgehead atoms. The number of ether oxygens (including phenoxy) is 2. The van der Waals surface area contributed by atoms with Gasteiger partial charge < -0.3 is 25.0 Å². The van der Waals surface area contributed by atoms with Gasteiger partial charge in [-0.2, -0.15) is 12.6 Å². The first kappa shape index (κ1) is 31.6. The van der Waals surface area contributed by atoms with Crippen molar-refractivity contribution in [3.8, 4) is 18.1 Å². The maximum absolute atomic E-state index is 13.9. The number of unbranched alkanes of at least 4 members (excludes halogenated alkanes) is 2. The topological polar surface area (TPSA) is 97.0 Å². The second-order valence-electron chi connectivity index (χ2n) is 10.0. The number of nitrogens with zero attached hydrogens (tertiary/aromatic N) is 1. The summed E-state index contributed by atoms with van der Waals surface area (Å²) in [7, 11) is 1.56. The van der Waals surface area contributed by atoms with Gasteiger partial charge >= 0.3 is 6.09 Å². The minimum Gasteiger partial charge on any atom is -0.497 e. The molecule has 39 heavy (non-hydrogen) atoms. The van der Waals surface area contributed by atoms with Gasteiger partial charge in [0.25, 0.3) is 5.91 Å². The maximum Gasteiger partial charge on any atom is 0.408 e. The smallest absolute Gasteiger partial charge is 0.408 e. The Morgan fingerprint density at radius 3 is 2.21 bits per heavy atom. The van der Waals surface area contributed by atoms with Crippen LogP contribution in [0, 0.1) is 12.3 Å². The fraction of sp³-hybridized carbons (Fsp3) is 0.433. The van der Waals surface area contributed by atoms with Gasteiger partial charge in [0.1, 0.15) is 23.4 Å². The van der Waals surface area contributed by atoms with Crippen molar-refractivity contribution < 1.29 is 23.9 Å². The van der Waals surface area contributed by atoms with E-state index in [0.29, 0.717) is 35.5 Å². The van der Waals surface area contributed by atoms with Crippen LogP contribution < -0.4 is 15.4 Å². The van der Waals surface area contributed by atoms with Crippen LogP contribution in [0.5, 0.6) is 5.75 Å². The number of hydrogen-bond donors (Lipinski definition) is 3. The third-order valence-corrected chi connectivity index (χ3v) is 6.13. The summed E-state index contributed by atoms with van der Waals surface area (Å²) in [6, 6.07) is 11.8. The maximum atomic E-state index is 13.9. The van der Waals surface area contributed by atoms with Crippen LogP contribution in [-0.4, -0.2) is 53.9 Å². The number of carbonyl (C=O) groups is 3. The lowest BCUT2D eigenvalue weighted by atomic mass is 10.0. The molecule has 0 aromatic heterocycles. The summed E-state index contributed by atoms with van der Waals surface area (Å²) in [6.07, 6.45) is 7.25. The van der Waals surface area contributed by atoms with E-state index in [1.165, 1.54) is 4.90 Å². The highest BCUT2D eigenvalue weighted by atomic mass is 32.1. The second kappa shape index (κ2) is 15.1. The van der Waals surface area contributed by atoms with E-state index in [2.05, 4.69) is 36.1 Å². The largest absolute Gasteiger partial charge is 0.497 e. The molecular weight excluding hydrogens is 514 g/mol. The highest BCUT2D eigenvalue weighted by molar-refractivity contribution is 7.80. The Morgan fingerprint density at radius 2 is 1.69 bits per heavy atom. The number of rotatable bonds is 12. The van der Waals surface area contributed by atoms with Gasteiger partial charge in [-0.1, -0.05) is 37.8 Å². The number of anilines is 1. The first-order chi connectivity index (χ1) is 18.5. The minimum absolute atomic E-state index is 0.0191. The summed E-state index contributed by atoms with van der Waals surface area (Å²) in [5.41, 5.74) is 1.04. The van der Waals surface area contributed by atoms with Crippen molar-refractivity contribution in [3.05, 3.63) is 59.7 Å². The third kappa shape index (κ3) is 9.88. The van der Waals surface area contributed by atoms with Gasteiger partial charge in [-0.3, -0.25) is 9.59 Å². The fourth-order valence-electron chi connectivity index (χ4n) is 3.85. The van der Waals surface area contributed by atoms with E-state index in [1.807, 2.05) is 0 Å². The molecule has 2 aromatic rings.